The Bertz CT molecular complexity index is 684. The molecule has 0 fully saturated rings. The highest BCUT2D eigenvalue weighted by atomic mass is 16.6. The van der Waals surface area contributed by atoms with Gasteiger partial charge in [-0.1, -0.05) is 140 Å². The summed E-state index contributed by atoms with van der Waals surface area (Å²) in [5.41, 5.74) is 0. The molecule has 0 aliphatic heterocycles. The summed E-state index contributed by atoms with van der Waals surface area (Å²) < 4.78 is 11.7. The Hall–Kier alpha value is -1.39. The zero-order chi connectivity index (χ0) is 32.9. The smallest absolute Gasteiger partial charge is 0.335 e. The molecule has 0 saturated heterocycles. The molecule has 0 aromatic rings. The van der Waals surface area contributed by atoms with E-state index < -0.39 is 6.10 Å². The Morgan fingerprint density at radius 1 is 0.533 bits per heavy atom. The predicted octanol–water partition coefficient (Wildman–Crippen LogP) is 12.3. The lowest BCUT2D eigenvalue weighted by molar-refractivity contribution is -0.158. The summed E-state index contributed by atoms with van der Waals surface area (Å²) in [6.07, 6.45) is 45.4. The number of carbonyl (C=O) groups is 1. The first-order chi connectivity index (χ1) is 22.1. The topological polar surface area (TPSA) is 38.8 Å². The predicted molar refractivity (Wildman–Crippen MR) is 198 cm³/mol. The highest BCUT2D eigenvalue weighted by Gasteiger charge is 2.20. The standard InChI is InChI=1S/C41H77NO3/c1-5-7-9-11-13-15-17-19-21-22-24-26-28-30-32-34-38-44-40(41(43)45-39-35-37-42(3)4)36-33-31-29-27-25-23-20-18-16-14-12-10-8-6-2/h13,15,19-21,23,40H,5-12,14,16-18,22,24-39H2,1-4H3/b15-13-,21-19-,23-20-. The molecule has 264 valence electrons. The molecule has 0 saturated carbocycles. The molecule has 0 heterocycles. The summed E-state index contributed by atoms with van der Waals surface area (Å²) in [5.74, 6) is -0.161. The molecular formula is C41H77NO3. The third-order valence-electron chi connectivity index (χ3n) is 8.40. The average Bonchev–Trinajstić information content (AvgIpc) is 3.03. The largest absolute Gasteiger partial charge is 0.464 e. The Morgan fingerprint density at radius 3 is 1.53 bits per heavy atom. The molecule has 4 heteroatoms. The number of esters is 1. The maximum atomic E-state index is 12.8. The zero-order valence-electron chi connectivity index (χ0n) is 30.7. The van der Waals surface area contributed by atoms with E-state index >= 15 is 0 Å². The van der Waals surface area contributed by atoms with Gasteiger partial charge in [-0.2, -0.15) is 0 Å². The van der Waals surface area contributed by atoms with Gasteiger partial charge in [0, 0.05) is 13.2 Å². The monoisotopic (exact) mass is 632 g/mol. The Balaban J connectivity index is 4.00. The van der Waals surface area contributed by atoms with Gasteiger partial charge < -0.3 is 14.4 Å². The highest BCUT2D eigenvalue weighted by Crippen LogP contribution is 2.14. The SMILES string of the molecule is CCCCC/C=C\C/C=C\CCCCCCCCOC(CCCCCC/C=C\CCCCCCCC)C(=O)OCCCN(C)C. The molecule has 0 rings (SSSR count). The lowest BCUT2D eigenvalue weighted by atomic mass is 10.1. The first-order valence-electron chi connectivity index (χ1n) is 19.5. The van der Waals surface area contributed by atoms with Crippen molar-refractivity contribution in [2.24, 2.45) is 0 Å². The number of allylic oxidation sites excluding steroid dienone is 6. The van der Waals surface area contributed by atoms with E-state index in [1.807, 2.05) is 14.1 Å². The fraction of sp³-hybridized carbons (Fsp3) is 0.829. The number of hydrogen-bond acceptors (Lipinski definition) is 4. The molecule has 0 spiro atoms. The minimum Gasteiger partial charge on any atom is -0.464 e. The first kappa shape index (κ1) is 43.6. The van der Waals surface area contributed by atoms with Crippen LogP contribution in [0.2, 0.25) is 0 Å². The molecule has 1 unspecified atom stereocenters. The van der Waals surface area contributed by atoms with Gasteiger partial charge in [-0.15, -0.1) is 0 Å². The van der Waals surface area contributed by atoms with Crippen molar-refractivity contribution in [3.8, 4) is 0 Å². The van der Waals surface area contributed by atoms with Crippen molar-refractivity contribution >= 4 is 5.97 Å². The summed E-state index contributed by atoms with van der Waals surface area (Å²) >= 11 is 0. The maximum absolute atomic E-state index is 12.8. The summed E-state index contributed by atoms with van der Waals surface area (Å²) in [6.45, 7) is 6.60. The van der Waals surface area contributed by atoms with Gasteiger partial charge in [0.05, 0.1) is 6.61 Å². The van der Waals surface area contributed by atoms with Crippen LogP contribution in [0.4, 0.5) is 0 Å². The van der Waals surface area contributed by atoms with Gasteiger partial charge in [0.2, 0.25) is 0 Å². The van der Waals surface area contributed by atoms with Crippen LogP contribution in [0.5, 0.6) is 0 Å². The fourth-order valence-corrected chi connectivity index (χ4v) is 5.46. The third-order valence-corrected chi connectivity index (χ3v) is 8.40. The second-order valence-electron chi connectivity index (χ2n) is 13.3. The maximum Gasteiger partial charge on any atom is 0.335 e. The first-order valence-corrected chi connectivity index (χ1v) is 19.5. The van der Waals surface area contributed by atoms with Crippen LogP contribution in [0.25, 0.3) is 0 Å². The van der Waals surface area contributed by atoms with Gasteiger partial charge >= 0.3 is 5.97 Å². The average molecular weight is 632 g/mol. The Kier molecular flexibility index (Phi) is 35.9. The molecule has 0 N–H and O–H groups in total. The van der Waals surface area contributed by atoms with E-state index in [-0.39, 0.29) is 5.97 Å². The van der Waals surface area contributed by atoms with Crippen LogP contribution in [-0.4, -0.2) is 50.8 Å². The van der Waals surface area contributed by atoms with E-state index in [2.05, 4.69) is 55.2 Å². The molecule has 45 heavy (non-hydrogen) atoms. The van der Waals surface area contributed by atoms with Gasteiger partial charge in [-0.05, 0) is 91.1 Å². The van der Waals surface area contributed by atoms with Gasteiger partial charge in [-0.25, -0.2) is 4.79 Å². The second-order valence-corrected chi connectivity index (χ2v) is 13.3. The molecule has 0 amide bonds. The number of nitrogens with zero attached hydrogens (tertiary/aromatic N) is 1. The number of carbonyl (C=O) groups excluding carboxylic acids is 1. The molecule has 0 aliphatic carbocycles. The molecule has 0 bridgehead atoms. The molecule has 0 aliphatic rings. The van der Waals surface area contributed by atoms with E-state index in [1.54, 1.807) is 0 Å². The van der Waals surface area contributed by atoms with Crippen LogP contribution >= 0.6 is 0 Å². The summed E-state index contributed by atoms with van der Waals surface area (Å²) in [5, 5.41) is 0. The third kappa shape index (κ3) is 35.3. The molecule has 4 nitrogen and oxygen atoms in total. The van der Waals surface area contributed by atoms with Crippen molar-refractivity contribution in [3.05, 3.63) is 36.5 Å². The second kappa shape index (κ2) is 37.1. The van der Waals surface area contributed by atoms with Gasteiger partial charge in [-0.3, -0.25) is 0 Å². The molecule has 1 atom stereocenters. The van der Waals surface area contributed by atoms with Crippen LogP contribution in [0.3, 0.4) is 0 Å². The Morgan fingerprint density at radius 2 is 0.978 bits per heavy atom. The van der Waals surface area contributed by atoms with Crippen molar-refractivity contribution < 1.29 is 14.3 Å². The van der Waals surface area contributed by atoms with Crippen LogP contribution in [0.15, 0.2) is 36.5 Å². The zero-order valence-corrected chi connectivity index (χ0v) is 30.7. The quantitative estimate of drug-likeness (QED) is 0.0396. The number of rotatable bonds is 35. The van der Waals surface area contributed by atoms with Crippen LogP contribution in [0.1, 0.15) is 181 Å². The lowest BCUT2D eigenvalue weighted by Gasteiger charge is -2.17. The number of ether oxygens (including phenoxy) is 2. The van der Waals surface area contributed by atoms with Crippen LogP contribution < -0.4 is 0 Å². The van der Waals surface area contributed by atoms with Crippen LogP contribution in [-0.2, 0) is 14.3 Å². The fourth-order valence-electron chi connectivity index (χ4n) is 5.46. The lowest BCUT2D eigenvalue weighted by Crippen LogP contribution is -2.28. The number of hydrogen-bond donors (Lipinski definition) is 0. The molecule has 0 radical (unpaired) electrons. The van der Waals surface area contributed by atoms with E-state index in [0.29, 0.717) is 13.2 Å². The van der Waals surface area contributed by atoms with E-state index in [4.69, 9.17) is 9.47 Å². The van der Waals surface area contributed by atoms with Crippen molar-refractivity contribution in [3.63, 3.8) is 0 Å². The number of unbranched alkanes of at least 4 members (excludes halogenated alkanes) is 19. The summed E-state index contributed by atoms with van der Waals surface area (Å²) in [6, 6.07) is 0. The van der Waals surface area contributed by atoms with Gasteiger partial charge in [0.15, 0.2) is 6.10 Å². The molecule has 0 aromatic heterocycles. The minimum atomic E-state index is -0.403. The van der Waals surface area contributed by atoms with Crippen molar-refractivity contribution in [2.45, 2.75) is 187 Å². The van der Waals surface area contributed by atoms with Gasteiger partial charge in [0.1, 0.15) is 0 Å². The van der Waals surface area contributed by atoms with E-state index in [0.717, 1.165) is 45.1 Å². The summed E-state index contributed by atoms with van der Waals surface area (Å²) in [4.78, 5) is 14.9. The van der Waals surface area contributed by atoms with Gasteiger partial charge in [0.25, 0.3) is 0 Å². The van der Waals surface area contributed by atoms with Crippen molar-refractivity contribution in [2.75, 3.05) is 33.9 Å². The highest BCUT2D eigenvalue weighted by molar-refractivity contribution is 5.74. The molecule has 0 aromatic carbocycles. The van der Waals surface area contributed by atoms with E-state index in [9.17, 15) is 4.79 Å². The van der Waals surface area contributed by atoms with Crippen LogP contribution in [0, 0.1) is 0 Å². The minimum absolute atomic E-state index is 0.161. The van der Waals surface area contributed by atoms with Crippen molar-refractivity contribution in [1.29, 1.82) is 0 Å². The van der Waals surface area contributed by atoms with Crippen molar-refractivity contribution in [1.82, 2.24) is 4.90 Å². The normalized spacial score (nSPS) is 12.8. The summed E-state index contributed by atoms with van der Waals surface area (Å²) in [7, 11) is 4.10. The molecular weight excluding hydrogens is 554 g/mol. The van der Waals surface area contributed by atoms with E-state index in [1.165, 1.54) is 128 Å². The Labute approximate surface area is 281 Å².